The van der Waals surface area contributed by atoms with Crippen molar-refractivity contribution in [3.8, 4) is 6.07 Å². The van der Waals surface area contributed by atoms with E-state index in [4.69, 9.17) is 5.26 Å². The van der Waals surface area contributed by atoms with Gasteiger partial charge in [-0.05, 0) is 30.9 Å². The minimum Gasteiger partial charge on any atom is -0.260 e. The first-order valence-corrected chi connectivity index (χ1v) is 4.58. The predicted molar refractivity (Wildman–Crippen MR) is 52.1 cm³/mol. The highest BCUT2D eigenvalue weighted by Gasteiger charge is 2.03. The standard InChI is InChI=1S/C11H14N2/c1-9(2)5-6-11-10(8-12)4-3-7-13-11/h3-4,7,9H,5-6H2,1-2H3. The van der Waals surface area contributed by atoms with E-state index in [2.05, 4.69) is 24.9 Å². The van der Waals surface area contributed by atoms with E-state index in [9.17, 15) is 0 Å². The molecule has 0 aliphatic carbocycles. The van der Waals surface area contributed by atoms with Crippen molar-refractivity contribution in [3.63, 3.8) is 0 Å². The first-order chi connectivity index (χ1) is 6.24. The van der Waals surface area contributed by atoms with E-state index in [-0.39, 0.29) is 0 Å². The molecule has 1 aromatic rings. The quantitative estimate of drug-likeness (QED) is 0.706. The van der Waals surface area contributed by atoms with Gasteiger partial charge in [-0.15, -0.1) is 0 Å². The molecule has 0 radical (unpaired) electrons. The molecule has 13 heavy (non-hydrogen) atoms. The molecular weight excluding hydrogens is 160 g/mol. The van der Waals surface area contributed by atoms with E-state index >= 15 is 0 Å². The van der Waals surface area contributed by atoms with E-state index < -0.39 is 0 Å². The van der Waals surface area contributed by atoms with Crippen LogP contribution in [-0.2, 0) is 6.42 Å². The Kier molecular flexibility index (Phi) is 3.45. The van der Waals surface area contributed by atoms with Gasteiger partial charge in [0, 0.05) is 6.20 Å². The fourth-order valence-electron chi connectivity index (χ4n) is 1.16. The zero-order valence-corrected chi connectivity index (χ0v) is 8.12. The van der Waals surface area contributed by atoms with Crippen LogP contribution >= 0.6 is 0 Å². The van der Waals surface area contributed by atoms with Crippen molar-refractivity contribution < 1.29 is 0 Å². The number of rotatable bonds is 3. The van der Waals surface area contributed by atoms with E-state index in [0.29, 0.717) is 11.5 Å². The number of pyridine rings is 1. The van der Waals surface area contributed by atoms with Crippen LogP contribution in [-0.4, -0.2) is 4.98 Å². The van der Waals surface area contributed by atoms with E-state index in [0.717, 1.165) is 18.5 Å². The highest BCUT2D eigenvalue weighted by atomic mass is 14.7. The third kappa shape index (κ3) is 2.87. The van der Waals surface area contributed by atoms with Crippen LogP contribution in [0.3, 0.4) is 0 Å². The summed E-state index contributed by atoms with van der Waals surface area (Å²) in [4.78, 5) is 4.20. The van der Waals surface area contributed by atoms with Crippen LogP contribution in [0, 0.1) is 17.2 Å². The Balaban J connectivity index is 2.71. The van der Waals surface area contributed by atoms with Gasteiger partial charge in [-0.2, -0.15) is 5.26 Å². The molecule has 0 N–H and O–H groups in total. The minimum atomic E-state index is 0.661. The van der Waals surface area contributed by atoms with Crippen LogP contribution in [0.2, 0.25) is 0 Å². The van der Waals surface area contributed by atoms with Gasteiger partial charge >= 0.3 is 0 Å². The molecule has 0 spiro atoms. The molecule has 1 heterocycles. The summed E-state index contributed by atoms with van der Waals surface area (Å²) in [6.07, 6.45) is 3.74. The Bertz CT molecular complexity index is 310. The Morgan fingerprint density at radius 3 is 2.92 bits per heavy atom. The number of nitrogens with zero attached hydrogens (tertiary/aromatic N) is 2. The third-order valence-corrected chi connectivity index (χ3v) is 1.97. The smallest absolute Gasteiger partial charge is 0.101 e. The number of hydrogen-bond donors (Lipinski definition) is 0. The maximum Gasteiger partial charge on any atom is 0.101 e. The van der Waals surface area contributed by atoms with Crippen LogP contribution in [0.1, 0.15) is 31.5 Å². The van der Waals surface area contributed by atoms with Gasteiger partial charge in [0.1, 0.15) is 6.07 Å². The summed E-state index contributed by atoms with van der Waals surface area (Å²) in [5, 5.41) is 8.79. The lowest BCUT2D eigenvalue weighted by molar-refractivity contribution is 0.581. The van der Waals surface area contributed by atoms with Gasteiger partial charge in [-0.3, -0.25) is 4.98 Å². The van der Waals surface area contributed by atoms with Gasteiger partial charge in [0.15, 0.2) is 0 Å². The van der Waals surface area contributed by atoms with Crippen molar-refractivity contribution in [1.29, 1.82) is 5.26 Å². The SMILES string of the molecule is CC(C)CCc1ncccc1C#N. The summed E-state index contributed by atoms with van der Waals surface area (Å²) in [7, 11) is 0. The molecule has 0 fully saturated rings. The Morgan fingerprint density at radius 2 is 2.31 bits per heavy atom. The van der Waals surface area contributed by atoms with Crippen LogP contribution in [0.25, 0.3) is 0 Å². The Hall–Kier alpha value is -1.36. The van der Waals surface area contributed by atoms with Gasteiger partial charge in [-0.25, -0.2) is 0 Å². The second-order valence-corrected chi connectivity index (χ2v) is 3.54. The zero-order valence-electron chi connectivity index (χ0n) is 8.12. The second kappa shape index (κ2) is 4.61. The molecule has 68 valence electrons. The monoisotopic (exact) mass is 174 g/mol. The molecule has 0 saturated carbocycles. The predicted octanol–water partition coefficient (Wildman–Crippen LogP) is 2.54. The first kappa shape index (κ1) is 9.73. The molecule has 0 aromatic carbocycles. The van der Waals surface area contributed by atoms with Crippen molar-refractivity contribution in [3.05, 3.63) is 29.6 Å². The second-order valence-electron chi connectivity index (χ2n) is 3.54. The average Bonchev–Trinajstić information content (AvgIpc) is 2.15. The van der Waals surface area contributed by atoms with Gasteiger partial charge in [0.25, 0.3) is 0 Å². The van der Waals surface area contributed by atoms with Crippen molar-refractivity contribution in [2.75, 3.05) is 0 Å². The number of nitriles is 1. The molecule has 2 nitrogen and oxygen atoms in total. The van der Waals surface area contributed by atoms with Gasteiger partial charge in [0.2, 0.25) is 0 Å². The molecule has 0 aliphatic rings. The molecule has 0 saturated heterocycles. The number of aryl methyl sites for hydroxylation is 1. The molecule has 1 rings (SSSR count). The lowest BCUT2D eigenvalue weighted by Crippen LogP contribution is -1.97. The number of aromatic nitrogens is 1. The molecule has 0 bridgehead atoms. The normalized spacial score (nSPS) is 10.0. The van der Waals surface area contributed by atoms with E-state index in [1.54, 1.807) is 12.3 Å². The molecule has 1 aromatic heterocycles. The Labute approximate surface area is 79.2 Å². The Morgan fingerprint density at radius 1 is 1.54 bits per heavy atom. The lowest BCUT2D eigenvalue weighted by Gasteiger charge is -2.04. The number of hydrogen-bond acceptors (Lipinski definition) is 2. The largest absolute Gasteiger partial charge is 0.260 e. The fourth-order valence-corrected chi connectivity index (χ4v) is 1.16. The minimum absolute atomic E-state index is 0.661. The lowest BCUT2D eigenvalue weighted by atomic mass is 10.0. The molecule has 0 amide bonds. The highest BCUT2D eigenvalue weighted by Crippen LogP contribution is 2.10. The van der Waals surface area contributed by atoms with Crippen LogP contribution in [0.5, 0.6) is 0 Å². The maximum atomic E-state index is 8.79. The van der Waals surface area contributed by atoms with E-state index in [1.807, 2.05) is 6.07 Å². The maximum absolute atomic E-state index is 8.79. The molecule has 0 aliphatic heterocycles. The van der Waals surface area contributed by atoms with Crippen molar-refractivity contribution in [1.82, 2.24) is 4.98 Å². The van der Waals surface area contributed by atoms with Gasteiger partial charge in [-0.1, -0.05) is 13.8 Å². The van der Waals surface area contributed by atoms with Gasteiger partial charge < -0.3 is 0 Å². The van der Waals surface area contributed by atoms with Gasteiger partial charge in [0.05, 0.1) is 11.3 Å². The third-order valence-electron chi connectivity index (χ3n) is 1.97. The fraction of sp³-hybridized carbons (Fsp3) is 0.455. The summed E-state index contributed by atoms with van der Waals surface area (Å²) in [6.45, 7) is 4.35. The van der Waals surface area contributed by atoms with Crippen LogP contribution in [0.4, 0.5) is 0 Å². The van der Waals surface area contributed by atoms with Crippen molar-refractivity contribution >= 4 is 0 Å². The van der Waals surface area contributed by atoms with Crippen molar-refractivity contribution in [2.24, 2.45) is 5.92 Å². The topological polar surface area (TPSA) is 36.7 Å². The molecular formula is C11H14N2. The zero-order chi connectivity index (χ0) is 9.68. The molecule has 0 unspecified atom stereocenters. The summed E-state index contributed by atoms with van der Waals surface area (Å²) in [5.74, 6) is 0.661. The van der Waals surface area contributed by atoms with E-state index in [1.165, 1.54) is 0 Å². The highest BCUT2D eigenvalue weighted by molar-refractivity contribution is 5.32. The molecule has 0 atom stereocenters. The summed E-state index contributed by atoms with van der Waals surface area (Å²) in [6, 6.07) is 5.78. The van der Waals surface area contributed by atoms with Crippen molar-refractivity contribution in [2.45, 2.75) is 26.7 Å². The summed E-state index contributed by atoms with van der Waals surface area (Å²) < 4.78 is 0. The van der Waals surface area contributed by atoms with Crippen LogP contribution in [0.15, 0.2) is 18.3 Å². The summed E-state index contributed by atoms with van der Waals surface area (Å²) in [5.41, 5.74) is 1.64. The summed E-state index contributed by atoms with van der Waals surface area (Å²) >= 11 is 0. The first-order valence-electron chi connectivity index (χ1n) is 4.58. The van der Waals surface area contributed by atoms with Crippen LogP contribution < -0.4 is 0 Å². The molecule has 2 heteroatoms. The average molecular weight is 174 g/mol.